The third-order valence-corrected chi connectivity index (χ3v) is 5.79. The molecular weight excluding hydrogens is 404 g/mol. The van der Waals surface area contributed by atoms with Crippen molar-refractivity contribution in [2.24, 2.45) is 0 Å². The summed E-state index contributed by atoms with van der Waals surface area (Å²) in [5.41, 5.74) is 7.17. The van der Waals surface area contributed by atoms with Crippen LogP contribution in [0.15, 0.2) is 85.3 Å². The van der Waals surface area contributed by atoms with E-state index in [0.717, 1.165) is 49.9 Å². The lowest BCUT2D eigenvalue weighted by Gasteiger charge is -2.10. The lowest BCUT2D eigenvalue weighted by molar-refractivity contribution is 1.07. The van der Waals surface area contributed by atoms with E-state index in [0.29, 0.717) is 0 Å². The number of aryl methyl sites for hydroxylation is 2. The fourth-order valence-electron chi connectivity index (χ4n) is 3.78. The molecule has 0 bridgehead atoms. The van der Waals surface area contributed by atoms with Gasteiger partial charge in [-0.1, -0.05) is 60.1 Å². The van der Waals surface area contributed by atoms with Gasteiger partial charge in [0.15, 0.2) is 5.65 Å². The van der Waals surface area contributed by atoms with Crippen molar-refractivity contribution in [2.75, 3.05) is 5.32 Å². The number of hydrogen-bond acceptors (Lipinski definition) is 3. The van der Waals surface area contributed by atoms with Crippen LogP contribution < -0.4 is 5.32 Å². The zero-order chi connectivity index (χ0) is 21.4. The van der Waals surface area contributed by atoms with Gasteiger partial charge in [-0.05, 0) is 54.8 Å². The maximum absolute atomic E-state index is 6.43. The summed E-state index contributed by atoms with van der Waals surface area (Å²) in [6.45, 7) is 4.08. The van der Waals surface area contributed by atoms with Crippen LogP contribution in [0, 0.1) is 13.8 Å². The summed E-state index contributed by atoms with van der Waals surface area (Å²) in [5, 5.41) is 5.19. The van der Waals surface area contributed by atoms with Crippen molar-refractivity contribution < 1.29 is 0 Å². The van der Waals surface area contributed by atoms with Gasteiger partial charge >= 0.3 is 0 Å². The Balaban J connectivity index is 1.75. The number of fused-ring (bicyclic) bond motifs is 1. The van der Waals surface area contributed by atoms with Crippen molar-refractivity contribution in [1.29, 1.82) is 0 Å². The van der Waals surface area contributed by atoms with E-state index in [1.807, 2.05) is 49.4 Å². The van der Waals surface area contributed by atoms with Crippen molar-refractivity contribution in [3.05, 3.63) is 101 Å². The van der Waals surface area contributed by atoms with Gasteiger partial charge in [0.1, 0.15) is 12.1 Å². The summed E-state index contributed by atoms with van der Waals surface area (Å²) >= 11 is 6.43. The Kier molecular flexibility index (Phi) is 4.92. The molecule has 0 unspecified atom stereocenters. The lowest BCUT2D eigenvalue weighted by Crippen LogP contribution is -1.98. The van der Waals surface area contributed by atoms with Gasteiger partial charge in [0.05, 0.1) is 5.39 Å². The van der Waals surface area contributed by atoms with E-state index in [9.17, 15) is 0 Å². The Hall–Kier alpha value is -3.63. The molecule has 5 heteroatoms. The third-order valence-electron chi connectivity index (χ3n) is 5.38. The minimum atomic E-state index is 0.729. The maximum Gasteiger partial charge on any atom is 0.150 e. The van der Waals surface area contributed by atoms with E-state index in [1.54, 1.807) is 6.33 Å². The van der Waals surface area contributed by atoms with E-state index in [-0.39, 0.29) is 0 Å². The number of hydrogen-bond donors (Lipinski definition) is 1. The van der Waals surface area contributed by atoms with Gasteiger partial charge in [0.2, 0.25) is 0 Å². The van der Waals surface area contributed by atoms with E-state index in [4.69, 9.17) is 11.6 Å². The number of nitrogens with one attached hydrogen (secondary N) is 1. The molecule has 31 heavy (non-hydrogen) atoms. The maximum atomic E-state index is 6.43. The molecule has 2 heterocycles. The quantitative estimate of drug-likeness (QED) is 0.334. The molecule has 0 aliphatic heterocycles. The van der Waals surface area contributed by atoms with Crippen LogP contribution in [0.2, 0.25) is 5.02 Å². The molecule has 0 aliphatic rings. The highest BCUT2D eigenvalue weighted by atomic mass is 35.5. The van der Waals surface area contributed by atoms with Gasteiger partial charge in [-0.25, -0.2) is 9.97 Å². The first-order valence-electron chi connectivity index (χ1n) is 10.1. The van der Waals surface area contributed by atoms with Gasteiger partial charge < -0.3 is 9.88 Å². The molecule has 5 aromatic rings. The highest BCUT2D eigenvalue weighted by molar-refractivity contribution is 6.31. The molecule has 2 aromatic heterocycles. The Labute approximate surface area is 186 Å². The third kappa shape index (κ3) is 3.66. The molecule has 3 aromatic carbocycles. The second kappa shape index (κ2) is 7.89. The molecule has 4 nitrogen and oxygen atoms in total. The number of rotatable bonds is 4. The average molecular weight is 425 g/mol. The molecular formula is C26H21ClN4. The van der Waals surface area contributed by atoms with Crippen molar-refractivity contribution in [3.8, 4) is 16.8 Å². The van der Waals surface area contributed by atoms with E-state index < -0.39 is 0 Å². The predicted octanol–water partition coefficient (Wildman–Crippen LogP) is 7.10. The minimum absolute atomic E-state index is 0.729. The van der Waals surface area contributed by atoms with Gasteiger partial charge in [-0.2, -0.15) is 0 Å². The van der Waals surface area contributed by atoms with Crippen LogP contribution in [0.5, 0.6) is 0 Å². The van der Waals surface area contributed by atoms with Crippen molar-refractivity contribution in [3.63, 3.8) is 0 Å². The van der Waals surface area contributed by atoms with Gasteiger partial charge in [0.25, 0.3) is 0 Å². The average Bonchev–Trinajstić information content (AvgIpc) is 3.17. The Morgan fingerprint density at radius 2 is 1.71 bits per heavy atom. The van der Waals surface area contributed by atoms with Crippen LogP contribution in [0.25, 0.3) is 27.8 Å². The molecule has 0 atom stereocenters. The molecule has 5 rings (SSSR count). The summed E-state index contributed by atoms with van der Waals surface area (Å²) in [5.74, 6) is 0.770. The monoisotopic (exact) mass is 424 g/mol. The van der Waals surface area contributed by atoms with E-state index >= 15 is 0 Å². The van der Waals surface area contributed by atoms with Crippen LogP contribution >= 0.6 is 11.6 Å². The van der Waals surface area contributed by atoms with Crippen molar-refractivity contribution >= 4 is 34.1 Å². The first-order valence-corrected chi connectivity index (χ1v) is 10.5. The molecule has 1 N–H and O–H groups in total. The van der Waals surface area contributed by atoms with Crippen LogP contribution in [0.3, 0.4) is 0 Å². The molecule has 0 saturated heterocycles. The Morgan fingerprint density at radius 1 is 0.871 bits per heavy atom. The molecule has 0 amide bonds. The van der Waals surface area contributed by atoms with E-state index in [2.05, 4.69) is 63.3 Å². The lowest BCUT2D eigenvalue weighted by atomic mass is 10.1. The molecule has 152 valence electrons. The number of nitrogens with zero attached hydrogens (tertiary/aromatic N) is 3. The first-order chi connectivity index (χ1) is 15.1. The molecule has 0 fully saturated rings. The Bertz CT molecular complexity index is 1390. The molecule has 0 radical (unpaired) electrons. The summed E-state index contributed by atoms with van der Waals surface area (Å²) in [6, 6.07) is 24.6. The van der Waals surface area contributed by atoms with Gasteiger partial charge in [-0.3, -0.25) is 0 Å². The predicted molar refractivity (Wildman–Crippen MR) is 129 cm³/mol. The van der Waals surface area contributed by atoms with Crippen LogP contribution in [0.1, 0.15) is 11.1 Å². The summed E-state index contributed by atoms with van der Waals surface area (Å²) < 4.78 is 2.08. The molecule has 0 saturated carbocycles. The molecule has 0 aliphatic carbocycles. The topological polar surface area (TPSA) is 42.7 Å². The fraction of sp³-hybridized carbons (Fsp3) is 0.0769. The Morgan fingerprint density at radius 3 is 2.48 bits per heavy atom. The van der Waals surface area contributed by atoms with Gasteiger partial charge in [-0.15, -0.1) is 0 Å². The highest BCUT2D eigenvalue weighted by Crippen LogP contribution is 2.36. The molecule has 0 spiro atoms. The number of halogens is 1. The van der Waals surface area contributed by atoms with E-state index in [1.165, 1.54) is 5.56 Å². The van der Waals surface area contributed by atoms with Gasteiger partial charge in [0, 0.05) is 28.2 Å². The summed E-state index contributed by atoms with van der Waals surface area (Å²) in [4.78, 5) is 9.24. The number of aromatic nitrogens is 3. The SMILES string of the molecule is Cc1cccc(Nc2ncnc3c2c(-c2ccccc2)cn3-c2ccc(C)c(Cl)c2)c1. The van der Waals surface area contributed by atoms with Crippen molar-refractivity contribution in [1.82, 2.24) is 14.5 Å². The smallest absolute Gasteiger partial charge is 0.150 e. The normalized spacial score (nSPS) is 11.1. The van der Waals surface area contributed by atoms with Crippen LogP contribution in [-0.2, 0) is 0 Å². The zero-order valence-electron chi connectivity index (χ0n) is 17.3. The fourth-order valence-corrected chi connectivity index (χ4v) is 3.96. The van der Waals surface area contributed by atoms with Crippen molar-refractivity contribution in [2.45, 2.75) is 13.8 Å². The zero-order valence-corrected chi connectivity index (χ0v) is 18.1. The summed E-state index contributed by atoms with van der Waals surface area (Å²) in [6.07, 6.45) is 3.71. The minimum Gasteiger partial charge on any atom is -0.340 e. The van der Waals surface area contributed by atoms with Crippen LogP contribution in [0.4, 0.5) is 11.5 Å². The summed E-state index contributed by atoms with van der Waals surface area (Å²) in [7, 11) is 0. The van der Waals surface area contributed by atoms with Crippen LogP contribution in [-0.4, -0.2) is 14.5 Å². The highest BCUT2D eigenvalue weighted by Gasteiger charge is 2.18. The first kappa shape index (κ1) is 19.3. The number of benzene rings is 3. The second-order valence-corrected chi connectivity index (χ2v) is 8.03. The standard InChI is InChI=1S/C26H21ClN4/c1-17-7-6-10-20(13-17)30-25-24-22(19-8-4-3-5-9-19)15-31(26(24)29-16-28-25)21-12-11-18(2)23(27)14-21/h3-16H,1-2H3,(H,28,29,30). The second-order valence-electron chi connectivity index (χ2n) is 7.63. The number of anilines is 2. The largest absolute Gasteiger partial charge is 0.340 e.